The Kier molecular flexibility index (Phi) is 5.30. The highest BCUT2D eigenvalue weighted by Crippen LogP contribution is 2.29. The third kappa shape index (κ3) is 4.29. The predicted octanol–water partition coefficient (Wildman–Crippen LogP) is 4.25. The molecule has 0 fully saturated rings. The van der Waals surface area contributed by atoms with E-state index in [1.165, 1.54) is 23.3 Å². The molecule has 8 nitrogen and oxygen atoms in total. The van der Waals surface area contributed by atoms with E-state index >= 15 is 0 Å². The number of carbonyl (C=O) groups excluding carboxylic acids is 1. The molecule has 0 spiro atoms. The minimum absolute atomic E-state index is 0.0583. The van der Waals surface area contributed by atoms with E-state index < -0.39 is 10.2 Å². The minimum atomic E-state index is -0.485. The zero-order valence-electron chi connectivity index (χ0n) is 15.6. The van der Waals surface area contributed by atoms with Crippen molar-refractivity contribution in [1.82, 2.24) is 10.2 Å². The van der Waals surface area contributed by atoms with Crippen LogP contribution in [-0.2, 0) is 17.6 Å². The van der Waals surface area contributed by atoms with Gasteiger partial charge in [-0.3, -0.25) is 14.9 Å². The Hall–Kier alpha value is -3.20. The Morgan fingerprint density at radius 2 is 2.03 bits per heavy atom. The number of fused-ring (bicyclic) bond motifs is 1. The SMILES string of the molecule is C[C@H](Sc1nnc(-c2cccc([N+](=O)[O-])c2)o1)C(=O)Nc1ccc2c(c1)CCC2. The Bertz CT molecular complexity index is 1080. The summed E-state index contributed by atoms with van der Waals surface area (Å²) in [4.78, 5) is 22.9. The molecule has 4 rings (SSSR count). The van der Waals surface area contributed by atoms with Crippen molar-refractivity contribution in [1.29, 1.82) is 0 Å². The first-order chi connectivity index (χ1) is 14.0. The zero-order valence-corrected chi connectivity index (χ0v) is 16.4. The zero-order chi connectivity index (χ0) is 20.4. The molecule has 0 bridgehead atoms. The molecule has 1 N–H and O–H groups in total. The van der Waals surface area contributed by atoms with E-state index in [-0.39, 0.29) is 22.7 Å². The van der Waals surface area contributed by atoms with Gasteiger partial charge in [0.15, 0.2) is 0 Å². The van der Waals surface area contributed by atoms with Crippen LogP contribution in [0.5, 0.6) is 0 Å². The number of carbonyl (C=O) groups is 1. The molecule has 148 valence electrons. The first kappa shape index (κ1) is 19.1. The lowest BCUT2D eigenvalue weighted by atomic mass is 10.1. The van der Waals surface area contributed by atoms with E-state index in [2.05, 4.69) is 21.6 Å². The second kappa shape index (κ2) is 8.04. The molecule has 1 heterocycles. The number of anilines is 1. The molecular weight excluding hydrogens is 392 g/mol. The lowest BCUT2D eigenvalue weighted by molar-refractivity contribution is -0.384. The summed E-state index contributed by atoms with van der Waals surface area (Å²) in [6, 6.07) is 12.0. The highest BCUT2D eigenvalue weighted by molar-refractivity contribution is 8.00. The topological polar surface area (TPSA) is 111 Å². The number of rotatable bonds is 6. The monoisotopic (exact) mass is 410 g/mol. The van der Waals surface area contributed by atoms with Crippen LogP contribution in [0.25, 0.3) is 11.5 Å². The van der Waals surface area contributed by atoms with Gasteiger partial charge in [-0.2, -0.15) is 0 Å². The van der Waals surface area contributed by atoms with Gasteiger partial charge in [-0.25, -0.2) is 0 Å². The summed E-state index contributed by atoms with van der Waals surface area (Å²) in [6.45, 7) is 1.75. The standard InChI is InChI=1S/C20H18N4O4S/c1-12(18(25)21-16-9-8-13-4-2-5-14(13)10-16)29-20-23-22-19(28-20)15-6-3-7-17(11-15)24(26)27/h3,6-12H,2,4-5H2,1H3,(H,21,25)/t12-/m0/s1. The summed E-state index contributed by atoms with van der Waals surface area (Å²) in [5.41, 5.74) is 3.82. The molecular formula is C20H18N4O4S. The van der Waals surface area contributed by atoms with E-state index in [1.54, 1.807) is 19.1 Å². The second-order valence-corrected chi connectivity index (χ2v) is 8.06. The van der Waals surface area contributed by atoms with E-state index in [4.69, 9.17) is 4.42 Å². The number of aromatic nitrogens is 2. The summed E-state index contributed by atoms with van der Waals surface area (Å²) in [5.74, 6) is 0.00507. The van der Waals surface area contributed by atoms with Gasteiger partial charge >= 0.3 is 0 Å². The average Bonchev–Trinajstić information content (AvgIpc) is 3.37. The number of aryl methyl sites for hydroxylation is 2. The smallest absolute Gasteiger partial charge is 0.277 e. The first-order valence-corrected chi connectivity index (χ1v) is 10.1. The molecule has 1 aromatic heterocycles. The van der Waals surface area contributed by atoms with Gasteiger partial charge in [0, 0.05) is 23.4 Å². The summed E-state index contributed by atoms with van der Waals surface area (Å²) in [7, 11) is 0. The maximum absolute atomic E-state index is 12.5. The fourth-order valence-electron chi connectivity index (χ4n) is 3.22. The molecule has 1 aliphatic carbocycles. The van der Waals surface area contributed by atoms with Crippen molar-refractivity contribution >= 4 is 29.0 Å². The molecule has 0 saturated carbocycles. The van der Waals surface area contributed by atoms with Crippen LogP contribution in [-0.4, -0.2) is 26.3 Å². The van der Waals surface area contributed by atoms with Gasteiger partial charge in [-0.05, 0) is 55.5 Å². The molecule has 29 heavy (non-hydrogen) atoms. The summed E-state index contributed by atoms with van der Waals surface area (Å²) < 4.78 is 5.57. The number of thioether (sulfide) groups is 1. The number of amides is 1. The molecule has 9 heteroatoms. The van der Waals surface area contributed by atoms with Crippen molar-refractivity contribution in [2.75, 3.05) is 5.32 Å². The maximum Gasteiger partial charge on any atom is 0.277 e. The summed E-state index contributed by atoms with van der Waals surface area (Å²) in [5, 5.41) is 21.5. The largest absolute Gasteiger partial charge is 0.411 e. The molecule has 0 saturated heterocycles. The number of hydrogen-bond acceptors (Lipinski definition) is 7. The number of nitrogens with one attached hydrogen (secondary N) is 1. The van der Waals surface area contributed by atoms with Crippen molar-refractivity contribution in [2.24, 2.45) is 0 Å². The van der Waals surface area contributed by atoms with Crippen LogP contribution in [0.4, 0.5) is 11.4 Å². The summed E-state index contributed by atoms with van der Waals surface area (Å²) in [6.07, 6.45) is 3.30. The first-order valence-electron chi connectivity index (χ1n) is 9.17. The summed E-state index contributed by atoms with van der Waals surface area (Å²) >= 11 is 1.14. The van der Waals surface area contributed by atoms with Gasteiger partial charge in [0.05, 0.1) is 10.2 Å². The number of nitro benzene ring substituents is 1. The van der Waals surface area contributed by atoms with E-state index in [9.17, 15) is 14.9 Å². The molecule has 0 radical (unpaired) electrons. The number of benzene rings is 2. The number of non-ortho nitro benzene ring substituents is 1. The van der Waals surface area contributed by atoms with Gasteiger partial charge in [0.1, 0.15) is 0 Å². The van der Waals surface area contributed by atoms with Crippen molar-refractivity contribution in [3.63, 3.8) is 0 Å². The second-order valence-electron chi connectivity index (χ2n) is 6.77. The maximum atomic E-state index is 12.5. The highest BCUT2D eigenvalue weighted by Gasteiger charge is 2.20. The van der Waals surface area contributed by atoms with Crippen molar-refractivity contribution in [2.45, 2.75) is 36.7 Å². The molecule has 2 aromatic carbocycles. The number of hydrogen-bond donors (Lipinski definition) is 1. The Labute approximate surface area is 170 Å². The van der Waals surface area contributed by atoms with Crippen molar-refractivity contribution in [3.8, 4) is 11.5 Å². The number of nitrogens with zero attached hydrogens (tertiary/aromatic N) is 3. The Morgan fingerprint density at radius 3 is 2.86 bits per heavy atom. The Balaban J connectivity index is 1.41. The minimum Gasteiger partial charge on any atom is -0.411 e. The third-order valence-corrected chi connectivity index (χ3v) is 5.66. The van der Waals surface area contributed by atoms with E-state index in [0.29, 0.717) is 5.56 Å². The van der Waals surface area contributed by atoms with Crippen LogP contribution < -0.4 is 5.32 Å². The van der Waals surface area contributed by atoms with Gasteiger partial charge < -0.3 is 9.73 Å². The van der Waals surface area contributed by atoms with Gasteiger partial charge in [-0.1, -0.05) is 23.9 Å². The van der Waals surface area contributed by atoms with Crippen LogP contribution in [0, 0.1) is 10.1 Å². The quantitative estimate of drug-likeness (QED) is 0.367. The predicted molar refractivity (Wildman–Crippen MR) is 109 cm³/mol. The van der Waals surface area contributed by atoms with E-state index in [0.717, 1.165) is 36.7 Å². The molecule has 1 amide bonds. The van der Waals surface area contributed by atoms with Gasteiger partial charge in [0.2, 0.25) is 11.8 Å². The van der Waals surface area contributed by atoms with Crippen LogP contribution in [0.2, 0.25) is 0 Å². The van der Waals surface area contributed by atoms with Crippen LogP contribution in [0.1, 0.15) is 24.5 Å². The van der Waals surface area contributed by atoms with Crippen LogP contribution in [0.15, 0.2) is 52.1 Å². The fraction of sp³-hybridized carbons (Fsp3) is 0.250. The molecule has 0 aliphatic heterocycles. The van der Waals surface area contributed by atoms with Crippen molar-refractivity contribution in [3.05, 3.63) is 63.7 Å². The van der Waals surface area contributed by atoms with Crippen LogP contribution >= 0.6 is 11.8 Å². The average molecular weight is 410 g/mol. The van der Waals surface area contributed by atoms with Gasteiger partial charge in [0.25, 0.3) is 10.9 Å². The molecule has 3 aromatic rings. The molecule has 1 atom stereocenters. The number of nitro groups is 1. The normalized spacial score (nSPS) is 13.7. The highest BCUT2D eigenvalue weighted by atomic mass is 32.2. The Morgan fingerprint density at radius 1 is 1.21 bits per heavy atom. The molecule has 0 unspecified atom stereocenters. The molecule has 1 aliphatic rings. The van der Waals surface area contributed by atoms with Crippen LogP contribution in [0.3, 0.4) is 0 Å². The van der Waals surface area contributed by atoms with E-state index in [1.807, 2.05) is 12.1 Å². The lowest BCUT2D eigenvalue weighted by Crippen LogP contribution is -2.22. The fourth-order valence-corrected chi connectivity index (χ4v) is 3.91. The lowest BCUT2D eigenvalue weighted by Gasteiger charge is -2.11. The van der Waals surface area contributed by atoms with Crippen molar-refractivity contribution < 1.29 is 14.1 Å². The third-order valence-electron chi connectivity index (χ3n) is 4.72. The van der Waals surface area contributed by atoms with Gasteiger partial charge in [-0.15, -0.1) is 10.2 Å².